The summed E-state index contributed by atoms with van der Waals surface area (Å²) in [6, 6.07) is 19.7. The van der Waals surface area contributed by atoms with E-state index in [9.17, 15) is 13.2 Å². The fraction of sp³-hybridized carbons (Fsp3) is 0.409. The van der Waals surface area contributed by atoms with Gasteiger partial charge in [-0.25, -0.2) is 13.1 Å². The molecule has 0 spiro atoms. The first-order valence-electron chi connectivity index (χ1n) is 9.88. The van der Waals surface area contributed by atoms with Crippen molar-refractivity contribution >= 4 is 15.9 Å². The average molecular weight is 416 g/mol. The lowest BCUT2D eigenvalue weighted by Crippen LogP contribution is -2.50. The van der Waals surface area contributed by atoms with E-state index in [0.29, 0.717) is 6.54 Å². The number of piperidine rings is 1. The third-order valence-corrected chi connectivity index (χ3v) is 6.02. The van der Waals surface area contributed by atoms with Crippen LogP contribution in [0.5, 0.6) is 0 Å². The van der Waals surface area contributed by atoms with Crippen molar-refractivity contribution < 1.29 is 13.2 Å². The summed E-state index contributed by atoms with van der Waals surface area (Å²) in [5, 5.41) is 0. The van der Waals surface area contributed by atoms with Crippen LogP contribution in [0.15, 0.2) is 60.7 Å². The minimum Gasteiger partial charge on any atom is -0.334 e. The van der Waals surface area contributed by atoms with Gasteiger partial charge in [0.05, 0.1) is 18.8 Å². The molecule has 0 saturated carbocycles. The first kappa shape index (κ1) is 21.5. The summed E-state index contributed by atoms with van der Waals surface area (Å²) in [5.41, 5.74) is 2.12. The molecule has 0 aliphatic carbocycles. The van der Waals surface area contributed by atoms with Crippen molar-refractivity contribution in [1.29, 1.82) is 0 Å². The topological polar surface area (TPSA) is 69.7 Å². The van der Waals surface area contributed by atoms with Crippen LogP contribution in [-0.4, -0.2) is 63.1 Å². The monoisotopic (exact) mass is 415 g/mol. The maximum atomic E-state index is 13.1. The molecule has 1 unspecified atom stereocenters. The second kappa shape index (κ2) is 9.52. The Balaban J connectivity index is 1.73. The fourth-order valence-electron chi connectivity index (χ4n) is 3.96. The van der Waals surface area contributed by atoms with Gasteiger partial charge in [-0.05, 0) is 30.5 Å². The van der Waals surface area contributed by atoms with Crippen molar-refractivity contribution in [2.24, 2.45) is 0 Å². The fourth-order valence-corrected chi connectivity index (χ4v) is 4.75. The normalized spacial score (nSPS) is 18.0. The molecule has 6 nitrogen and oxygen atoms in total. The number of carbonyl (C=O) groups is 1. The van der Waals surface area contributed by atoms with E-state index in [-0.39, 0.29) is 24.5 Å². The molecule has 1 atom stereocenters. The van der Waals surface area contributed by atoms with Gasteiger partial charge >= 0.3 is 0 Å². The highest BCUT2D eigenvalue weighted by atomic mass is 32.2. The number of benzene rings is 2. The van der Waals surface area contributed by atoms with Crippen molar-refractivity contribution in [2.45, 2.75) is 24.9 Å². The van der Waals surface area contributed by atoms with E-state index >= 15 is 0 Å². The first-order chi connectivity index (χ1) is 13.8. The molecule has 1 aliphatic rings. The third-order valence-electron chi connectivity index (χ3n) is 5.26. The van der Waals surface area contributed by atoms with Crippen molar-refractivity contribution in [3.63, 3.8) is 0 Å². The molecule has 156 valence electrons. The second-order valence-electron chi connectivity index (χ2n) is 7.69. The number of nitrogens with zero attached hydrogens (tertiary/aromatic N) is 2. The van der Waals surface area contributed by atoms with Gasteiger partial charge in [0, 0.05) is 19.6 Å². The first-order valence-corrected chi connectivity index (χ1v) is 11.8. The van der Waals surface area contributed by atoms with Crippen LogP contribution in [0.25, 0.3) is 0 Å². The van der Waals surface area contributed by atoms with Crippen LogP contribution in [0, 0.1) is 0 Å². The third kappa shape index (κ3) is 6.13. The molecule has 0 bridgehead atoms. The molecular formula is C22H29N3O3S. The molecular weight excluding hydrogens is 386 g/mol. The lowest BCUT2D eigenvalue weighted by molar-refractivity contribution is -0.133. The number of hydrogen-bond acceptors (Lipinski definition) is 4. The van der Waals surface area contributed by atoms with Gasteiger partial charge in [-0.3, -0.25) is 9.69 Å². The summed E-state index contributed by atoms with van der Waals surface area (Å²) < 4.78 is 25.7. The lowest BCUT2D eigenvalue weighted by atomic mass is 9.97. The van der Waals surface area contributed by atoms with Crippen LogP contribution in [0.2, 0.25) is 0 Å². The largest absolute Gasteiger partial charge is 0.334 e. The number of nitrogens with one attached hydrogen (secondary N) is 1. The Labute approximate surface area is 173 Å². The number of carbonyl (C=O) groups excluding carboxylic acids is 1. The van der Waals surface area contributed by atoms with Crippen LogP contribution in [0.3, 0.4) is 0 Å². The molecule has 3 rings (SSSR count). The molecule has 0 radical (unpaired) electrons. The summed E-state index contributed by atoms with van der Waals surface area (Å²) >= 11 is 0. The molecule has 1 heterocycles. The van der Waals surface area contributed by atoms with Crippen molar-refractivity contribution in [2.75, 3.05) is 32.9 Å². The Morgan fingerprint density at radius 3 is 2.17 bits per heavy atom. The molecule has 1 saturated heterocycles. The average Bonchev–Trinajstić information content (AvgIpc) is 2.69. The summed E-state index contributed by atoms with van der Waals surface area (Å²) in [4.78, 5) is 17.0. The van der Waals surface area contributed by atoms with Gasteiger partial charge in [-0.15, -0.1) is 0 Å². The van der Waals surface area contributed by atoms with E-state index < -0.39 is 10.0 Å². The second-order valence-corrected chi connectivity index (χ2v) is 9.47. The van der Waals surface area contributed by atoms with Gasteiger partial charge in [0.15, 0.2) is 0 Å². The van der Waals surface area contributed by atoms with Gasteiger partial charge < -0.3 is 4.90 Å². The van der Waals surface area contributed by atoms with Gasteiger partial charge in [0.25, 0.3) is 0 Å². The van der Waals surface area contributed by atoms with Gasteiger partial charge in [0.2, 0.25) is 15.9 Å². The molecule has 1 fully saturated rings. The molecule has 1 amide bonds. The Hall–Kier alpha value is -2.22. The maximum absolute atomic E-state index is 13.1. The van der Waals surface area contributed by atoms with E-state index in [1.54, 1.807) is 4.90 Å². The highest BCUT2D eigenvalue weighted by molar-refractivity contribution is 7.88. The quantitative estimate of drug-likeness (QED) is 0.753. The summed E-state index contributed by atoms with van der Waals surface area (Å²) in [7, 11) is -1.41. The summed E-state index contributed by atoms with van der Waals surface area (Å²) in [6.07, 6.45) is 2.84. The molecule has 2 aromatic carbocycles. The smallest absolute Gasteiger partial charge is 0.237 e. The number of likely N-dealkylation sites (tertiary alicyclic amines) is 1. The van der Waals surface area contributed by atoms with Gasteiger partial charge in [-0.1, -0.05) is 60.7 Å². The zero-order chi connectivity index (χ0) is 20.9. The van der Waals surface area contributed by atoms with Crippen LogP contribution in [0.1, 0.15) is 30.0 Å². The predicted molar refractivity (Wildman–Crippen MR) is 115 cm³/mol. The van der Waals surface area contributed by atoms with Crippen molar-refractivity contribution in [3.05, 3.63) is 71.8 Å². The Morgan fingerprint density at radius 1 is 1.10 bits per heavy atom. The van der Waals surface area contributed by atoms with Gasteiger partial charge in [0.1, 0.15) is 0 Å². The zero-order valence-corrected chi connectivity index (χ0v) is 17.8. The summed E-state index contributed by atoms with van der Waals surface area (Å²) in [5.74, 6) is 0.0164. The van der Waals surface area contributed by atoms with E-state index in [0.717, 1.165) is 30.5 Å². The highest BCUT2D eigenvalue weighted by Crippen LogP contribution is 2.27. The Bertz CT molecular complexity index is 864. The molecule has 29 heavy (non-hydrogen) atoms. The predicted octanol–water partition coefficient (Wildman–Crippen LogP) is 2.25. The van der Waals surface area contributed by atoms with Crippen molar-refractivity contribution in [3.8, 4) is 0 Å². The highest BCUT2D eigenvalue weighted by Gasteiger charge is 2.28. The molecule has 0 aromatic heterocycles. The number of rotatable bonds is 7. The standard InChI is InChI=1S/C22H29N3O3S/c1-24(21(26)17-25-15-9-14-20(16-25)23-29(2,27)28)22(18-10-5-3-6-11-18)19-12-7-4-8-13-19/h3-8,10-13,20,22-23H,9,14-17H2,1-2H3. The minimum absolute atomic E-state index is 0.0164. The number of hydrogen-bond donors (Lipinski definition) is 1. The summed E-state index contributed by atoms with van der Waals surface area (Å²) in [6.45, 7) is 1.62. The number of amides is 1. The van der Waals surface area contributed by atoms with Crippen LogP contribution in [-0.2, 0) is 14.8 Å². The van der Waals surface area contributed by atoms with Crippen LogP contribution >= 0.6 is 0 Å². The lowest BCUT2D eigenvalue weighted by Gasteiger charge is -2.35. The Morgan fingerprint density at radius 2 is 1.66 bits per heavy atom. The van der Waals surface area contributed by atoms with Gasteiger partial charge in [-0.2, -0.15) is 0 Å². The van der Waals surface area contributed by atoms with E-state index in [1.165, 1.54) is 6.26 Å². The van der Waals surface area contributed by atoms with E-state index in [2.05, 4.69) is 4.72 Å². The molecule has 7 heteroatoms. The maximum Gasteiger partial charge on any atom is 0.237 e. The number of likely N-dealkylation sites (N-methyl/N-ethyl adjacent to an activating group) is 1. The molecule has 1 N–H and O–H groups in total. The zero-order valence-electron chi connectivity index (χ0n) is 17.0. The molecule has 2 aromatic rings. The number of sulfonamides is 1. The minimum atomic E-state index is -3.25. The van der Waals surface area contributed by atoms with E-state index in [4.69, 9.17) is 0 Å². The molecule has 1 aliphatic heterocycles. The Kier molecular flexibility index (Phi) is 7.05. The van der Waals surface area contributed by atoms with Crippen LogP contribution < -0.4 is 4.72 Å². The van der Waals surface area contributed by atoms with Crippen molar-refractivity contribution in [1.82, 2.24) is 14.5 Å². The SMILES string of the molecule is CN(C(=O)CN1CCCC(NS(C)(=O)=O)C1)C(c1ccccc1)c1ccccc1. The van der Waals surface area contributed by atoms with Crippen LogP contribution in [0.4, 0.5) is 0 Å². The van der Waals surface area contributed by atoms with E-state index in [1.807, 2.05) is 72.6 Å².